The molecule has 0 radical (unpaired) electrons. The maximum atomic E-state index is 11.9. The monoisotopic (exact) mass is 256 g/mol. The van der Waals surface area contributed by atoms with Crippen molar-refractivity contribution in [1.82, 2.24) is 0 Å². The van der Waals surface area contributed by atoms with Crippen molar-refractivity contribution < 1.29 is 17.3 Å². The molecule has 2 rings (SSSR count). The Labute approximate surface area is 102 Å². The van der Waals surface area contributed by atoms with E-state index in [9.17, 15) is 8.42 Å². The van der Waals surface area contributed by atoms with Crippen LogP contribution in [0, 0.1) is 6.92 Å². The number of aryl methyl sites for hydroxylation is 1. The van der Waals surface area contributed by atoms with Crippen molar-refractivity contribution in [3.63, 3.8) is 0 Å². The van der Waals surface area contributed by atoms with Gasteiger partial charge in [0.05, 0.1) is 11.0 Å². The lowest BCUT2D eigenvalue weighted by Gasteiger charge is -2.10. The highest BCUT2D eigenvalue weighted by Gasteiger charge is 2.41. The van der Waals surface area contributed by atoms with Gasteiger partial charge in [0.1, 0.15) is 12.2 Å². The van der Waals surface area contributed by atoms with Gasteiger partial charge in [-0.25, -0.2) is 0 Å². The molecule has 4 nitrogen and oxygen atoms in total. The second kappa shape index (κ2) is 4.40. The van der Waals surface area contributed by atoms with Gasteiger partial charge in [0, 0.05) is 0 Å². The highest BCUT2D eigenvalue weighted by atomic mass is 32.2. The summed E-state index contributed by atoms with van der Waals surface area (Å²) in [6, 6.07) is 6.59. The number of hydrogen-bond donors (Lipinski definition) is 0. The zero-order valence-corrected chi connectivity index (χ0v) is 10.9. The van der Waals surface area contributed by atoms with E-state index in [0.29, 0.717) is 0 Å². The van der Waals surface area contributed by atoms with Gasteiger partial charge in [0.2, 0.25) is 0 Å². The summed E-state index contributed by atoms with van der Waals surface area (Å²) in [5.41, 5.74) is 1.01. The van der Waals surface area contributed by atoms with E-state index in [1.807, 2.05) is 13.8 Å². The van der Waals surface area contributed by atoms with Gasteiger partial charge in [-0.2, -0.15) is 8.42 Å². The summed E-state index contributed by atoms with van der Waals surface area (Å²) in [4.78, 5) is 0.184. The Kier molecular flexibility index (Phi) is 3.25. The van der Waals surface area contributed by atoms with Crippen LogP contribution >= 0.6 is 0 Å². The molecule has 1 aliphatic rings. The Morgan fingerprint density at radius 3 is 2.29 bits per heavy atom. The van der Waals surface area contributed by atoms with Gasteiger partial charge >= 0.3 is 0 Å². The van der Waals surface area contributed by atoms with Crippen LogP contribution in [0.5, 0.6) is 0 Å². The van der Waals surface area contributed by atoms with Crippen LogP contribution in [0.25, 0.3) is 0 Å². The minimum atomic E-state index is -3.68. The lowest BCUT2D eigenvalue weighted by Crippen LogP contribution is -2.21. The predicted octanol–water partition coefficient (Wildman–Crippen LogP) is 1.88. The molecule has 1 heterocycles. The maximum absolute atomic E-state index is 11.9. The molecule has 0 saturated carbocycles. The number of hydrogen-bond acceptors (Lipinski definition) is 4. The van der Waals surface area contributed by atoms with Crippen molar-refractivity contribution in [2.45, 2.75) is 44.0 Å². The molecule has 1 aromatic rings. The second-order valence-electron chi connectivity index (χ2n) is 4.37. The summed E-state index contributed by atoms with van der Waals surface area (Å²) in [6.07, 6.45) is -0.482. The minimum Gasteiger partial charge on any atom is -0.367 e. The van der Waals surface area contributed by atoms with Crippen molar-refractivity contribution in [3.8, 4) is 0 Å². The molecule has 5 heteroatoms. The van der Waals surface area contributed by atoms with E-state index in [4.69, 9.17) is 8.92 Å². The molecule has 0 bridgehead atoms. The van der Waals surface area contributed by atoms with E-state index in [1.165, 1.54) is 0 Å². The van der Waals surface area contributed by atoms with Crippen LogP contribution in [0.3, 0.4) is 0 Å². The first-order chi connectivity index (χ1) is 7.90. The van der Waals surface area contributed by atoms with Crippen LogP contribution < -0.4 is 0 Å². The first kappa shape index (κ1) is 12.5. The quantitative estimate of drug-likeness (QED) is 0.609. The van der Waals surface area contributed by atoms with E-state index in [2.05, 4.69) is 0 Å². The fourth-order valence-corrected chi connectivity index (χ4v) is 2.80. The zero-order chi connectivity index (χ0) is 12.6. The summed E-state index contributed by atoms with van der Waals surface area (Å²) >= 11 is 0. The van der Waals surface area contributed by atoms with Crippen molar-refractivity contribution in [2.75, 3.05) is 0 Å². The van der Waals surface area contributed by atoms with E-state index in [-0.39, 0.29) is 17.1 Å². The summed E-state index contributed by atoms with van der Waals surface area (Å²) in [5.74, 6) is 0. The lowest BCUT2D eigenvalue weighted by molar-refractivity contribution is 0.182. The molecule has 94 valence electrons. The van der Waals surface area contributed by atoms with Crippen LogP contribution in [0.2, 0.25) is 0 Å². The van der Waals surface area contributed by atoms with Crippen molar-refractivity contribution >= 4 is 10.1 Å². The molecule has 3 atom stereocenters. The Bertz CT molecular complexity index is 492. The van der Waals surface area contributed by atoms with Gasteiger partial charge in [-0.3, -0.25) is 4.18 Å². The summed E-state index contributed by atoms with van der Waals surface area (Å²) in [5, 5.41) is 0. The molecular weight excluding hydrogens is 240 g/mol. The fraction of sp³-hybridized carbons (Fsp3) is 0.500. The largest absolute Gasteiger partial charge is 0.367 e. The molecule has 0 amide bonds. The highest BCUT2D eigenvalue weighted by molar-refractivity contribution is 7.86. The van der Waals surface area contributed by atoms with Crippen LogP contribution in [0.1, 0.15) is 19.4 Å². The van der Waals surface area contributed by atoms with Crippen LogP contribution in [-0.4, -0.2) is 26.7 Å². The average molecular weight is 256 g/mol. The molecule has 0 unspecified atom stereocenters. The van der Waals surface area contributed by atoms with Gasteiger partial charge < -0.3 is 4.74 Å². The van der Waals surface area contributed by atoms with E-state index < -0.39 is 16.2 Å². The fourth-order valence-electron chi connectivity index (χ4n) is 1.71. The Morgan fingerprint density at radius 1 is 1.29 bits per heavy atom. The first-order valence-electron chi connectivity index (χ1n) is 5.55. The molecule has 1 aliphatic heterocycles. The molecule has 17 heavy (non-hydrogen) atoms. The summed E-state index contributed by atoms with van der Waals surface area (Å²) in [7, 11) is -3.68. The number of ether oxygens (including phenoxy) is 1. The van der Waals surface area contributed by atoms with Crippen molar-refractivity contribution in [1.29, 1.82) is 0 Å². The summed E-state index contributed by atoms with van der Waals surface area (Å²) in [6.45, 7) is 5.50. The number of epoxide rings is 1. The first-order valence-corrected chi connectivity index (χ1v) is 6.96. The Hall–Kier alpha value is -0.910. The van der Waals surface area contributed by atoms with Crippen molar-refractivity contribution in [2.24, 2.45) is 0 Å². The highest BCUT2D eigenvalue weighted by Crippen LogP contribution is 2.28. The normalized spacial score (nSPS) is 25.6. The summed E-state index contributed by atoms with van der Waals surface area (Å²) < 4.78 is 34.1. The smallest absolute Gasteiger partial charge is 0.297 e. The third kappa shape index (κ3) is 2.86. The maximum Gasteiger partial charge on any atom is 0.297 e. The molecule has 1 aromatic carbocycles. The van der Waals surface area contributed by atoms with Crippen LogP contribution in [0.4, 0.5) is 0 Å². The molecule has 0 aromatic heterocycles. The number of rotatable bonds is 4. The van der Waals surface area contributed by atoms with E-state index in [1.54, 1.807) is 31.2 Å². The zero-order valence-electron chi connectivity index (χ0n) is 10.1. The van der Waals surface area contributed by atoms with Gasteiger partial charge in [-0.1, -0.05) is 17.7 Å². The number of benzene rings is 1. The van der Waals surface area contributed by atoms with E-state index >= 15 is 0 Å². The topological polar surface area (TPSA) is 55.9 Å². The van der Waals surface area contributed by atoms with Gasteiger partial charge in [0.25, 0.3) is 10.1 Å². The predicted molar refractivity (Wildman–Crippen MR) is 63.2 cm³/mol. The molecule has 0 spiro atoms. The van der Waals surface area contributed by atoms with Crippen molar-refractivity contribution in [3.05, 3.63) is 29.8 Å². The Morgan fingerprint density at radius 2 is 1.82 bits per heavy atom. The van der Waals surface area contributed by atoms with Gasteiger partial charge in [-0.15, -0.1) is 0 Å². The van der Waals surface area contributed by atoms with Gasteiger partial charge in [0.15, 0.2) is 0 Å². The van der Waals surface area contributed by atoms with E-state index in [0.717, 1.165) is 5.56 Å². The minimum absolute atomic E-state index is 0.0817. The molecule has 0 aliphatic carbocycles. The van der Waals surface area contributed by atoms with Crippen LogP contribution in [-0.2, 0) is 19.0 Å². The SMILES string of the molecule is Cc1ccc(S(=O)(=O)O[C@@H](C)[C@@H]2O[C@H]2C)cc1. The lowest BCUT2D eigenvalue weighted by atomic mass is 10.2. The average Bonchev–Trinajstić information content (AvgIpc) is 2.95. The standard InChI is InChI=1S/C12H16O4S/c1-8-4-6-11(7-5-8)17(13,14)16-10(3)12-9(2)15-12/h4-7,9-10,12H,1-3H3/t9-,10-,12+/m0/s1. The second-order valence-corrected chi connectivity index (χ2v) is 5.95. The molecule has 1 fully saturated rings. The third-order valence-electron chi connectivity index (χ3n) is 2.81. The molecule has 0 N–H and O–H groups in total. The van der Waals surface area contributed by atoms with Gasteiger partial charge in [-0.05, 0) is 32.9 Å². The molecule has 1 saturated heterocycles. The molecular formula is C12H16O4S. The third-order valence-corrected chi connectivity index (χ3v) is 4.22. The van der Waals surface area contributed by atoms with Crippen LogP contribution in [0.15, 0.2) is 29.2 Å². The Balaban J connectivity index is 2.11.